The van der Waals surface area contributed by atoms with Crippen LogP contribution in [0.1, 0.15) is 10.4 Å². The van der Waals surface area contributed by atoms with Crippen molar-refractivity contribution in [2.45, 2.75) is 0 Å². The number of aldehydes is 1. The highest BCUT2D eigenvalue weighted by Gasteiger charge is 2.11. The molecule has 5 heteroatoms. The molecule has 0 aromatic carbocycles. The molecule has 1 heterocycles. The Morgan fingerprint density at radius 2 is 2.15 bits per heavy atom. The van der Waals surface area contributed by atoms with Gasteiger partial charge in [0.15, 0.2) is 12.0 Å². The molecule has 0 atom stereocenters. The average molecular weight is 183 g/mol. The molecule has 0 radical (unpaired) electrons. The van der Waals surface area contributed by atoms with Crippen molar-refractivity contribution < 1.29 is 19.4 Å². The molecule has 0 fully saturated rings. The van der Waals surface area contributed by atoms with Crippen molar-refractivity contribution in [1.29, 1.82) is 0 Å². The summed E-state index contributed by atoms with van der Waals surface area (Å²) in [5.41, 5.74) is 0.0868. The molecule has 1 rings (SSSR count). The van der Waals surface area contributed by atoms with Crippen LogP contribution >= 0.6 is 0 Å². The Hall–Kier alpha value is -1.78. The Balaban J connectivity index is 3.28. The van der Waals surface area contributed by atoms with E-state index in [9.17, 15) is 9.90 Å². The van der Waals surface area contributed by atoms with Gasteiger partial charge >= 0.3 is 0 Å². The second-order valence-corrected chi connectivity index (χ2v) is 2.23. The third-order valence-corrected chi connectivity index (χ3v) is 1.50. The molecule has 0 aliphatic carbocycles. The van der Waals surface area contributed by atoms with Gasteiger partial charge in [-0.25, -0.2) is 0 Å². The van der Waals surface area contributed by atoms with E-state index >= 15 is 0 Å². The number of carbonyl (C=O) groups excluding carboxylic acids is 1. The first kappa shape index (κ1) is 9.31. The Bertz CT molecular complexity index is 324. The maximum atomic E-state index is 10.5. The number of pyridine rings is 1. The summed E-state index contributed by atoms with van der Waals surface area (Å²) in [6.45, 7) is 0. The number of carbonyl (C=O) groups is 1. The molecule has 70 valence electrons. The van der Waals surface area contributed by atoms with Gasteiger partial charge in [0.2, 0.25) is 5.88 Å². The van der Waals surface area contributed by atoms with Crippen LogP contribution in [0.15, 0.2) is 6.07 Å². The second-order valence-electron chi connectivity index (χ2n) is 2.23. The molecular weight excluding hydrogens is 174 g/mol. The standard InChI is InChI=1S/C8H9NO4/c1-12-6-3-5(4-10)7(11)8(9-6)13-2/h3-4,11H,1-2H3. The molecule has 13 heavy (non-hydrogen) atoms. The van der Waals surface area contributed by atoms with E-state index in [4.69, 9.17) is 9.47 Å². The zero-order valence-electron chi connectivity index (χ0n) is 7.27. The molecule has 0 saturated heterocycles. The van der Waals surface area contributed by atoms with Crippen molar-refractivity contribution in [3.63, 3.8) is 0 Å². The molecule has 0 saturated carbocycles. The molecule has 0 spiro atoms. The Morgan fingerprint density at radius 3 is 2.62 bits per heavy atom. The summed E-state index contributed by atoms with van der Waals surface area (Å²) >= 11 is 0. The van der Waals surface area contributed by atoms with Gasteiger partial charge in [-0.2, -0.15) is 4.98 Å². The fraction of sp³-hybridized carbons (Fsp3) is 0.250. The quantitative estimate of drug-likeness (QED) is 0.695. The number of hydrogen-bond donors (Lipinski definition) is 1. The van der Waals surface area contributed by atoms with Crippen LogP contribution in [0.2, 0.25) is 0 Å². The van der Waals surface area contributed by atoms with Gasteiger partial charge in [0.05, 0.1) is 19.8 Å². The monoisotopic (exact) mass is 183 g/mol. The lowest BCUT2D eigenvalue weighted by atomic mass is 10.2. The van der Waals surface area contributed by atoms with Crippen LogP contribution in [0.3, 0.4) is 0 Å². The van der Waals surface area contributed by atoms with E-state index in [0.717, 1.165) is 0 Å². The lowest BCUT2D eigenvalue weighted by Gasteiger charge is -2.06. The lowest BCUT2D eigenvalue weighted by molar-refractivity contribution is 0.111. The van der Waals surface area contributed by atoms with Gasteiger partial charge in [-0.1, -0.05) is 0 Å². The maximum Gasteiger partial charge on any atom is 0.260 e. The van der Waals surface area contributed by atoms with Gasteiger partial charge < -0.3 is 14.6 Å². The van der Waals surface area contributed by atoms with Crippen LogP contribution in [-0.2, 0) is 0 Å². The van der Waals surface area contributed by atoms with E-state index in [2.05, 4.69) is 4.98 Å². The summed E-state index contributed by atoms with van der Waals surface area (Å²) in [5, 5.41) is 9.33. The highest BCUT2D eigenvalue weighted by Crippen LogP contribution is 2.29. The summed E-state index contributed by atoms with van der Waals surface area (Å²) in [5.74, 6) is -0.0866. The van der Waals surface area contributed by atoms with Crippen molar-refractivity contribution in [3.8, 4) is 17.5 Å². The van der Waals surface area contributed by atoms with Crippen LogP contribution in [-0.4, -0.2) is 30.6 Å². The van der Waals surface area contributed by atoms with E-state index in [0.29, 0.717) is 6.29 Å². The van der Waals surface area contributed by atoms with Crippen molar-refractivity contribution in [2.75, 3.05) is 14.2 Å². The van der Waals surface area contributed by atoms with E-state index in [1.54, 1.807) is 0 Å². The van der Waals surface area contributed by atoms with Crippen LogP contribution in [0, 0.1) is 0 Å². The third-order valence-electron chi connectivity index (χ3n) is 1.50. The summed E-state index contributed by atoms with van der Waals surface area (Å²) < 4.78 is 9.52. The van der Waals surface area contributed by atoms with E-state index in [1.165, 1.54) is 20.3 Å². The maximum absolute atomic E-state index is 10.5. The molecular formula is C8H9NO4. The van der Waals surface area contributed by atoms with E-state index < -0.39 is 0 Å². The molecule has 1 N–H and O–H groups in total. The molecule has 0 unspecified atom stereocenters. The minimum absolute atomic E-state index is 0.0264. The molecule has 1 aromatic rings. The number of ether oxygens (including phenoxy) is 2. The first-order chi connectivity index (χ1) is 6.22. The summed E-state index contributed by atoms with van der Waals surface area (Å²) in [4.78, 5) is 14.2. The number of nitrogens with zero attached hydrogens (tertiary/aromatic N) is 1. The molecule has 0 bridgehead atoms. The predicted octanol–water partition coefficient (Wildman–Crippen LogP) is 0.617. The molecule has 5 nitrogen and oxygen atoms in total. The third kappa shape index (κ3) is 1.69. The number of rotatable bonds is 3. The minimum atomic E-state index is -0.279. The summed E-state index contributed by atoms with van der Waals surface area (Å²) in [6, 6.07) is 1.32. The smallest absolute Gasteiger partial charge is 0.260 e. The van der Waals surface area contributed by atoms with Gasteiger partial charge in [0.1, 0.15) is 0 Å². The second kappa shape index (κ2) is 3.75. The lowest BCUT2D eigenvalue weighted by Crippen LogP contribution is -1.95. The van der Waals surface area contributed by atoms with Crippen LogP contribution in [0.25, 0.3) is 0 Å². The number of aromatic nitrogens is 1. The highest BCUT2D eigenvalue weighted by molar-refractivity contribution is 5.80. The predicted molar refractivity (Wildman–Crippen MR) is 44.4 cm³/mol. The van der Waals surface area contributed by atoms with Crippen molar-refractivity contribution >= 4 is 6.29 Å². The summed E-state index contributed by atoms with van der Waals surface area (Å²) in [7, 11) is 2.75. The average Bonchev–Trinajstić information content (AvgIpc) is 2.18. The topological polar surface area (TPSA) is 68.7 Å². The Labute approximate surface area is 74.9 Å². The van der Waals surface area contributed by atoms with Crippen LogP contribution in [0.4, 0.5) is 0 Å². The zero-order chi connectivity index (χ0) is 9.84. The van der Waals surface area contributed by atoms with Crippen molar-refractivity contribution in [2.24, 2.45) is 0 Å². The van der Waals surface area contributed by atoms with Gasteiger partial charge in [-0.15, -0.1) is 0 Å². The normalized spacial score (nSPS) is 9.38. The first-order valence-electron chi connectivity index (χ1n) is 3.50. The minimum Gasteiger partial charge on any atom is -0.503 e. The molecule has 0 aliphatic heterocycles. The molecule has 1 aromatic heterocycles. The largest absolute Gasteiger partial charge is 0.503 e. The fourth-order valence-electron chi connectivity index (χ4n) is 0.847. The van der Waals surface area contributed by atoms with Gasteiger partial charge in [0, 0.05) is 6.07 Å². The Kier molecular flexibility index (Phi) is 2.69. The number of aromatic hydroxyl groups is 1. The zero-order valence-corrected chi connectivity index (χ0v) is 7.27. The van der Waals surface area contributed by atoms with Crippen molar-refractivity contribution in [1.82, 2.24) is 4.98 Å². The molecule has 0 aliphatic rings. The number of hydrogen-bond acceptors (Lipinski definition) is 5. The highest BCUT2D eigenvalue weighted by atomic mass is 16.5. The number of methoxy groups -OCH3 is 2. The van der Waals surface area contributed by atoms with Crippen LogP contribution < -0.4 is 9.47 Å². The van der Waals surface area contributed by atoms with E-state index in [1.807, 2.05) is 0 Å². The SMILES string of the molecule is COc1cc(C=O)c(O)c(OC)n1. The summed E-state index contributed by atoms with van der Waals surface area (Å²) in [6.07, 6.45) is 0.502. The van der Waals surface area contributed by atoms with Crippen LogP contribution in [0.5, 0.6) is 17.5 Å². The molecule has 0 amide bonds. The van der Waals surface area contributed by atoms with Gasteiger partial charge in [-0.3, -0.25) is 4.79 Å². The van der Waals surface area contributed by atoms with Gasteiger partial charge in [-0.05, 0) is 0 Å². The van der Waals surface area contributed by atoms with Gasteiger partial charge in [0.25, 0.3) is 5.88 Å². The Morgan fingerprint density at radius 1 is 1.46 bits per heavy atom. The van der Waals surface area contributed by atoms with E-state index in [-0.39, 0.29) is 23.1 Å². The first-order valence-corrected chi connectivity index (χ1v) is 3.50. The fourth-order valence-corrected chi connectivity index (χ4v) is 0.847. The van der Waals surface area contributed by atoms with Crippen molar-refractivity contribution in [3.05, 3.63) is 11.6 Å².